The van der Waals surface area contributed by atoms with Crippen LogP contribution in [0, 0.1) is 0 Å². The Labute approximate surface area is 128 Å². The van der Waals surface area contributed by atoms with Gasteiger partial charge in [-0.1, -0.05) is 40.9 Å². The quantitative estimate of drug-likeness (QED) is 0.483. The van der Waals surface area contributed by atoms with Gasteiger partial charge in [-0.2, -0.15) is 0 Å². The lowest BCUT2D eigenvalue weighted by molar-refractivity contribution is -0.140. The van der Waals surface area contributed by atoms with Crippen LogP contribution in [0.5, 0.6) is 0 Å². The number of carbonyl (C=O) groups is 1. The van der Waals surface area contributed by atoms with Gasteiger partial charge in [0.1, 0.15) is 0 Å². The summed E-state index contributed by atoms with van der Waals surface area (Å²) in [5.74, 6) is -0.206. The monoisotopic (exact) mass is 323 g/mol. The highest BCUT2D eigenvalue weighted by Crippen LogP contribution is 2.35. The zero-order valence-electron chi connectivity index (χ0n) is 10.8. The Morgan fingerprint density at radius 1 is 1.32 bits per heavy atom. The minimum atomic E-state index is -0.206. The molecule has 1 N–H and O–H groups in total. The Morgan fingerprint density at radius 2 is 2.00 bits per heavy atom. The third kappa shape index (κ3) is 4.84. The van der Waals surface area contributed by atoms with Crippen LogP contribution in [0.4, 0.5) is 0 Å². The zero-order valence-corrected chi connectivity index (χ0v) is 13.1. The van der Waals surface area contributed by atoms with E-state index in [1.54, 1.807) is 6.07 Å². The van der Waals surface area contributed by atoms with Crippen LogP contribution in [0.25, 0.3) is 0 Å². The molecule has 0 saturated carbocycles. The number of nitrogens with one attached hydrogen (secondary N) is 1. The first-order valence-electron chi connectivity index (χ1n) is 5.91. The summed E-state index contributed by atoms with van der Waals surface area (Å²) in [5.41, 5.74) is 0.883. The van der Waals surface area contributed by atoms with Crippen LogP contribution in [-0.4, -0.2) is 19.6 Å². The van der Waals surface area contributed by atoms with Gasteiger partial charge in [0.05, 0.1) is 22.2 Å². The van der Waals surface area contributed by atoms with Gasteiger partial charge in [-0.3, -0.25) is 4.79 Å². The molecule has 0 aliphatic carbocycles. The second kappa shape index (κ2) is 7.95. The molecule has 106 valence electrons. The number of ether oxygens (including phenoxy) is 1. The molecule has 0 aromatic heterocycles. The molecule has 0 radical (unpaired) electrons. The van der Waals surface area contributed by atoms with Crippen molar-refractivity contribution in [2.75, 3.05) is 13.7 Å². The Morgan fingerprint density at radius 3 is 2.63 bits per heavy atom. The molecule has 0 amide bonds. The molecule has 0 aliphatic rings. The summed E-state index contributed by atoms with van der Waals surface area (Å²) in [7, 11) is 1.38. The van der Waals surface area contributed by atoms with E-state index in [4.69, 9.17) is 34.8 Å². The normalized spacial score (nSPS) is 12.3. The predicted molar refractivity (Wildman–Crippen MR) is 79.1 cm³/mol. The average Bonchev–Trinajstić information content (AvgIpc) is 2.40. The van der Waals surface area contributed by atoms with E-state index in [0.29, 0.717) is 34.5 Å². The second-order valence-electron chi connectivity index (χ2n) is 4.12. The van der Waals surface area contributed by atoms with Crippen LogP contribution in [0.2, 0.25) is 15.1 Å². The third-order valence-electron chi connectivity index (χ3n) is 2.77. The van der Waals surface area contributed by atoms with Crippen molar-refractivity contribution in [2.45, 2.75) is 25.8 Å². The van der Waals surface area contributed by atoms with Crippen molar-refractivity contribution >= 4 is 40.8 Å². The molecule has 1 aromatic carbocycles. The first-order chi connectivity index (χ1) is 8.97. The van der Waals surface area contributed by atoms with Crippen LogP contribution in [0.15, 0.2) is 12.1 Å². The SMILES string of the molecule is COC(=O)CCCNC(C)c1ccc(Cl)c(Cl)c1Cl. The van der Waals surface area contributed by atoms with Gasteiger partial charge in [0.15, 0.2) is 0 Å². The molecular weight excluding hydrogens is 309 g/mol. The van der Waals surface area contributed by atoms with E-state index in [9.17, 15) is 4.79 Å². The Hall–Kier alpha value is -0.480. The van der Waals surface area contributed by atoms with E-state index in [1.165, 1.54) is 7.11 Å². The van der Waals surface area contributed by atoms with Gasteiger partial charge in [-0.25, -0.2) is 0 Å². The van der Waals surface area contributed by atoms with Crippen molar-refractivity contribution < 1.29 is 9.53 Å². The second-order valence-corrected chi connectivity index (χ2v) is 5.28. The lowest BCUT2D eigenvalue weighted by Crippen LogP contribution is -2.21. The maximum absolute atomic E-state index is 11.0. The first-order valence-corrected chi connectivity index (χ1v) is 7.04. The van der Waals surface area contributed by atoms with Crippen molar-refractivity contribution in [3.05, 3.63) is 32.8 Å². The molecular formula is C13H16Cl3NO2. The van der Waals surface area contributed by atoms with E-state index in [2.05, 4.69) is 10.1 Å². The summed E-state index contributed by atoms with van der Waals surface area (Å²) < 4.78 is 4.57. The van der Waals surface area contributed by atoms with Crippen LogP contribution in [0.1, 0.15) is 31.4 Å². The number of esters is 1. The topological polar surface area (TPSA) is 38.3 Å². The molecule has 1 rings (SSSR count). The molecule has 6 heteroatoms. The molecule has 0 heterocycles. The van der Waals surface area contributed by atoms with E-state index < -0.39 is 0 Å². The molecule has 0 bridgehead atoms. The molecule has 1 unspecified atom stereocenters. The maximum atomic E-state index is 11.0. The number of rotatable bonds is 6. The van der Waals surface area contributed by atoms with Crippen LogP contribution < -0.4 is 5.32 Å². The molecule has 1 atom stereocenters. The highest BCUT2D eigenvalue weighted by molar-refractivity contribution is 6.48. The maximum Gasteiger partial charge on any atom is 0.305 e. The van der Waals surface area contributed by atoms with Crippen molar-refractivity contribution in [3.8, 4) is 0 Å². The van der Waals surface area contributed by atoms with E-state index in [0.717, 1.165) is 5.56 Å². The fraction of sp³-hybridized carbons (Fsp3) is 0.462. The van der Waals surface area contributed by atoms with E-state index >= 15 is 0 Å². The molecule has 19 heavy (non-hydrogen) atoms. The Kier molecular flexibility index (Phi) is 6.94. The highest BCUT2D eigenvalue weighted by atomic mass is 35.5. The summed E-state index contributed by atoms with van der Waals surface area (Å²) >= 11 is 18.0. The lowest BCUT2D eigenvalue weighted by atomic mass is 10.1. The van der Waals surface area contributed by atoms with Crippen molar-refractivity contribution in [1.82, 2.24) is 5.32 Å². The molecule has 3 nitrogen and oxygen atoms in total. The lowest BCUT2D eigenvalue weighted by Gasteiger charge is -2.16. The minimum Gasteiger partial charge on any atom is -0.469 e. The number of hydrogen-bond donors (Lipinski definition) is 1. The average molecular weight is 325 g/mol. The van der Waals surface area contributed by atoms with E-state index in [1.807, 2.05) is 13.0 Å². The van der Waals surface area contributed by atoms with Gasteiger partial charge >= 0.3 is 5.97 Å². The first kappa shape index (κ1) is 16.6. The van der Waals surface area contributed by atoms with Gasteiger partial charge in [0.2, 0.25) is 0 Å². The number of benzene rings is 1. The molecule has 0 spiro atoms. The number of hydrogen-bond acceptors (Lipinski definition) is 3. The van der Waals surface area contributed by atoms with Gasteiger partial charge in [0.25, 0.3) is 0 Å². The number of halogens is 3. The number of methoxy groups -OCH3 is 1. The van der Waals surface area contributed by atoms with Crippen molar-refractivity contribution in [3.63, 3.8) is 0 Å². The predicted octanol–water partition coefficient (Wildman–Crippen LogP) is 4.25. The van der Waals surface area contributed by atoms with Gasteiger partial charge in [-0.05, 0) is 31.5 Å². The summed E-state index contributed by atoms with van der Waals surface area (Å²) in [6, 6.07) is 3.59. The van der Waals surface area contributed by atoms with Gasteiger partial charge in [0, 0.05) is 12.5 Å². The molecule has 1 aromatic rings. The Bertz CT molecular complexity index is 452. The van der Waals surface area contributed by atoms with Crippen LogP contribution >= 0.6 is 34.8 Å². The summed E-state index contributed by atoms with van der Waals surface area (Å²) in [6.07, 6.45) is 1.10. The summed E-state index contributed by atoms with van der Waals surface area (Å²) in [4.78, 5) is 11.0. The Balaban J connectivity index is 2.52. The number of carbonyl (C=O) groups excluding carboxylic acids is 1. The zero-order chi connectivity index (χ0) is 14.4. The van der Waals surface area contributed by atoms with Gasteiger partial charge in [-0.15, -0.1) is 0 Å². The van der Waals surface area contributed by atoms with Crippen molar-refractivity contribution in [1.29, 1.82) is 0 Å². The fourth-order valence-electron chi connectivity index (χ4n) is 1.64. The standard InChI is InChI=1S/C13H16Cl3NO2/c1-8(17-7-3-4-11(18)19-2)9-5-6-10(14)13(16)12(9)15/h5-6,8,17H,3-4,7H2,1-2H3. The van der Waals surface area contributed by atoms with Crippen LogP contribution in [-0.2, 0) is 9.53 Å². The van der Waals surface area contributed by atoms with Crippen molar-refractivity contribution in [2.24, 2.45) is 0 Å². The summed E-state index contributed by atoms with van der Waals surface area (Å²) in [5, 5.41) is 4.54. The minimum absolute atomic E-state index is 0.0277. The highest BCUT2D eigenvalue weighted by Gasteiger charge is 2.13. The van der Waals surface area contributed by atoms with E-state index in [-0.39, 0.29) is 12.0 Å². The largest absolute Gasteiger partial charge is 0.469 e. The molecule has 0 aliphatic heterocycles. The summed E-state index contributed by atoms with van der Waals surface area (Å²) in [6.45, 7) is 2.66. The molecule has 0 saturated heterocycles. The third-order valence-corrected chi connectivity index (χ3v) is 4.08. The fourth-order valence-corrected chi connectivity index (χ4v) is 2.34. The molecule has 0 fully saturated rings. The van der Waals surface area contributed by atoms with Crippen LogP contribution in [0.3, 0.4) is 0 Å². The van der Waals surface area contributed by atoms with Gasteiger partial charge < -0.3 is 10.1 Å². The smallest absolute Gasteiger partial charge is 0.305 e.